The summed E-state index contributed by atoms with van der Waals surface area (Å²) in [7, 11) is 0. The zero-order valence-corrected chi connectivity index (χ0v) is 14.6. The molecule has 1 rings (SSSR count). The molecule has 0 heterocycles. The van der Waals surface area contributed by atoms with Gasteiger partial charge in [0.1, 0.15) is 0 Å². The van der Waals surface area contributed by atoms with Crippen molar-refractivity contribution >= 4 is 40.5 Å². The number of hydrogen-bond acceptors (Lipinski definition) is 3. The quantitative estimate of drug-likeness (QED) is 0.499. The summed E-state index contributed by atoms with van der Waals surface area (Å²) in [5.74, 6) is -0.126. The zero-order valence-electron chi connectivity index (χ0n) is 13.8. The Kier molecular flexibility index (Phi) is 8.90. The van der Waals surface area contributed by atoms with Gasteiger partial charge in [0.25, 0.3) is 0 Å². The molecule has 2 amide bonds. The van der Waals surface area contributed by atoms with Crippen LogP contribution < -0.4 is 16.0 Å². The first-order valence-corrected chi connectivity index (χ1v) is 8.46. The minimum Gasteiger partial charge on any atom is -0.332 e. The van der Waals surface area contributed by atoms with Crippen LogP contribution in [0.1, 0.15) is 52.4 Å². The number of rotatable bonds is 8. The molecule has 1 aromatic rings. The molecule has 0 spiro atoms. The fourth-order valence-corrected chi connectivity index (χ4v) is 2.22. The van der Waals surface area contributed by atoms with Gasteiger partial charge in [-0.25, -0.2) is 0 Å². The van der Waals surface area contributed by atoms with Crippen molar-refractivity contribution in [2.75, 3.05) is 10.6 Å². The molecule has 0 saturated heterocycles. The number of benzene rings is 1. The predicted octanol–water partition coefficient (Wildman–Crippen LogP) is 3.82. The lowest BCUT2D eigenvalue weighted by Gasteiger charge is -2.11. The van der Waals surface area contributed by atoms with Gasteiger partial charge < -0.3 is 16.0 Å². The van der Waals surface area contributed by atoms with Gasteiger partial charge in [-0.3, -0.25) is 9.59 Å². The Morgan fingerprint density at radius 3 is 2.35 bits per heavy atom. The van der Waals surface area contributed by atoms with Crippen molar-refractivity contribution in [3.63, 3.8) is 0 Å². The normalized spacial score (nSPS) is 10.0. The van der Waals surface area contributed by atoms with E-state index in [9.17, 15) is 9.59 Å². The number of nitrogens with one attached hydrogen (secondary N) is 3. The van der Waals surface area contributed by atoms with Crippen molar-refractivity contribution in [1.29, 1.82) is 0 Å². The summed E-state index contributed by atoms with van der Waals surface area (Å²) in [4.78, 5) is 23.2. The largest absolute Gasteiger partial charge is 0.332 e. The first-order valence-electron chi connectivity index (χ1n) is 8.06. The van der Waals surface area contributed by atoms with E-state index in [0.717, 1.165) is 31.4 Å². The summed E-state index contributed by atoms with van der Waals surface area (Å²) < 4.78 is 0. The Hall–Kier alpha value is -1.95. The van der Waals surface area contributed by atoms with E-state index in [0.29, 0.717) is 18.5 Å². The topological polar surface area (TPSA) is 70.2 Å². The van der Waals surface area contributed by atoms with Crippen LogP contribution in [0.15, 0.2) is 24.3 Å². The summed E-state index contributed by atoms with van der Waals surface area (Å²) in [5.41, 5.74) is 1.41. The van der Waals surface area contributed by atoms with Gasteiger partial charge >= 0.3 is 0 Å². The lowest BCUT2D eigenvalue weighted by atomic mass is 10.1. The smallest absolute Gasteiger partial charge is 0.226 e. The maximum absolute atomic E-state index is 11.8. The Labute approximate surface area is 143 Å². The van der Waals surface area contributed by atoms with E-state index in [1.54, 1.807) is 19.1 Å². The predicted molar refractivity (Wildman–Crippen MR) is 98.5 cm³/mol. The van der Waals surface area contributed by atoms with Crippen LogP contribution in [0.25, 0.3) is 0 Å². The molecule has 0 aliphatic heterocycles. The summed E-state index contributed by atoms with van der Waals surface area (Å²) >= 11 is 5.14. The van der Waals surface area contributed by atoms with Crippen LogP contribution in [-0.4, -0.2) is 16.9 Å². The van der Waals surface area contributed by atoms with Gasteiger partial charge in [-0.15, -0.1) is 0 Å². The van der Waals surface area contributed by atoms with Crippen LogP contribution in [-0.2, 0) is 9.59 Å². The number of hydrogen-bond donors (Lipinski definition) is 3. The molecule has 6 heteroatoms. The fraction of sp³-hybridized carbons (Fsp3) is 0.471. The van der Waals surface area contributed by atoms with E-state index in [4.69, 9.17) is 12.2 Å². The lowest BCUT2D eigenvalue weighted by Crippen LogP contribution is -2.33. The molecular weight excluding hydrogens is 310 g/mol. The molecule has 0 radical (unpaired) electrons. The number of anilines is 2. The molecule has 0 aliphatic carbocycles. The van der Waals surface area contributed by atoms with E-state index in [2.05, 4.69) is 22.9 Å². The number of amides is 2. The molecule has 23 heavy (non-hydrogen) atoms. The molecule has 1 aromatic carbocycles. The second-order valence-corrected chi connectivity index (χ2v) is 5.70. The number of carbonyl (C=O) groups excluding carboxylic acids is 2. The van der Waals surface area contributed by atoms with Gasteiger partial charge in [-0.05, 0) is 36.8 Å². The van der Waals surface area contributed by atoms with E-state index < -0.39 is 0 Å². The third kappa shape index (κ3) is 8.30. The molecule has 5 nitrogen and oxygen atoms in total. The Morgan fingerprint density at radius 1 is 1.00 bits per heavy atom. The molecule has 126 valence electrons. The van der Waals surface area contributed by atoms with Crippen molar-refractivity contribution in [3.8, 4) is 0 Å². The highest BCUT2D eigenvalue weighted by atomic mass is 32.1. The number of thiocarbonyl (C=S) groups is 1. The standard InChI is InChI=1S/C17H25N3O2S/c1-3-5-6-7-11-16(22)20-17(23)19-14-10-8-9-13(12-14)18-15(21)4-2/h8-10,12H,3-7,11H2,1-2H3,(H,18,21)(H2,19,20,22,23). The molecule has 0 unspecified atom stereocenters. The average molecular weight is 335 g/mol. The fourth-order valence-electron chi connectivity index (χ4n) is 1.99. The van der Waals surface area contributed by atoms with Gasteiger partial charge in [0.15, 0.2) is 5.11 Å². The van der Waals surface area contributed by atoms with Crippen LogP contribution in [0.2, 0.25) is 0 Å². The Bertz CT molecular complexity index is 546. The highest BCUT2D eigenvalue weighted by Crippen LogP contribution is 2.15. The average Bonchev–Trinajstić information content (AvgIpc) is 2.51. The third-order valence-corrected chi connectivity index (χ3v) is 3.44. The van der Waals surface area contributed by atoms with Crippen LogP contribution >= 0.6 is 12.2 Å². The zero-order chi connectivity index (χ0) is 17.1. The van der Waals surface area contributed by atoms with E-state index in [1.807, 2.05) is 12.1 Å². The molecule has 0 aliphatic rings. The van der Waals surface area contributed by atoms with Crippen molar-refractivity contribution in [1.82, 2.24) is 5.32 Å². The van der Waals surface area contributed by atoms with Gasteiger partial charge in [0.05, 0.1) is 0 Å². The second-order valence-electron chi connectivity index (χ2n) is 5.30. The molecule has 0 bridgehead atoms. The van der Waals surface area contributed by atoms with Crippen molar-refractivity contribution in [3.05, 3.63) is 24.3 Å². The van der Waals surface area contributed by atoms with Crippen LogP contribution in [0.5, 0.6) is 0 Å². The third-order valence-electron chi connectivity index (χ3n) is 3.24. The number of unbranched alkanes of at least 4 members (excludes halogenated alkanes) is 3. The van der Waals surface area contributed by atoms with Gasteiger partial charge in [0.2, 0.25) is 11.8 Å². The van der Waals surface area contributed by atoms with Crippen LogP contribution in [0.3, 0.4) is 0 Å². The summed E-state index contributed by atoms with van der Waals surface area (Å²) in [5, 5.41) is 8.67. The summed E-state index contributed by atoms with van der Waals surface area (Å²) in [6.07, 6.45) is 5.13. The van der Waals surface area contributed by atoms with Crippen LogP contribution in [0.4, 0.5) is 11.4 Å². The molecule has 0 aromatic heterocycles. The summed E-state index contributed by atoms with van der Waals surface area (Å²) in [6.45, 7) is 3.93. The first kappa shape index (κ1) is 19.1. The lowest BCUT2D eigenvalue weighted by molar-refractivity contribution is -0.119. The number of carbonyl (C=O) groups is 2. The monoisotopic (exact) mass is 335 g/mol. The van der Waals surface area contributed by atoms with Gasteiger partial charge in [-0.2, -0.15) is 0 Å². The Balaban J connectivity index is 2.43. The van der Waals surface area contributed by atoms with Crippen molar-refractivity contribution in [2.24, 2.45) is 0 Å². The van der Waals surface area contributed by atoms with Gasteiger partial charge in [0, 0.05) is 24.2 Å². The molecule has 0 saturated carbocycles. The molecule has 3 N–H and O–H groups in total. The maximum Gasteiger partial charge on any atom is 0.226 e. The van der Waals surface area contributed by atoms with Crippen molar-refractivity contribution < 1.29 is 9.59 Å². The summed E-state index contributed by atoms with van der Waals surface area (Å²) in [6, 6.07) is 7.20. The minimum atomic E-state index is -0.0750. The first-order chi connectivity index (χ1) is 11.0. The van der Waals surface area contributed by atoms with E-state index in [1.165, 1.54) is 0 Å². The molecule has 0 fully saturated rings. The SMILES string of the molecule is CCCCCCC(=O)NC(=S)Nc1cccc(NC(=O)CC)c1. The maximum atomic E-state index is 11.8. The molecule has 0 atom stereocenters. The highest BCUT2D eigenvalue weighted by molar-refractivity contribution is 7.80. The minimum absolute atomic E-state index is 0.0508. The Morgan fingerprint density at radius 2 is 1.70 bits per heavy atom. The van der Waals surface area contributed by atoms with Crippen LogP contribution in [0, 0.1) is 0 Å². The van der Waals surface area contributed by atoms with Crippen molar-refractivity contribution in [2.45, 2.75) is 52.4 Å². The van der Waals surface area contributed by atoms with E-state index in [-0.39, 0.29) is 16.9 Å². The molecular formula is C17H25N3O2S. The highest BCUT2D eigenvalue weighted by Gasteiger charge is 2.06. The van der Waals surface area contributed by atoms with E-state index >= 15 is 0 Å². The van der Waals surface area contributed by atoms with Gasteiger partial charge in [-0.1, -0.05) is 39.2 Å². The second kappa shape index (κ2) is 10.7.